The quantitative estimate of drug-likeness (QED) is 0.753. The third-order valence-electron chi connectivity index (χ3n) is 2.84. The Kier molecular flexibility index (Phi) is 3.65. The molecule has 0 spiro atoms. The fourth-order valence-corrected chi connectivity index (χ4v) is 2.82. The van der Waals surface area contributed by atoms with Crippen LogP contribution in [0.2, 0.25) is 0 Å². The largest absolute Gasteiger partial charge is 0.385 e. The summed E-state index contributed by atoms with van der Waals surface area (Å²) in [6.45, 7) is 1.33. The molecule has 106 valence electrons. The Balaban J connectivity index is 2.92. The molecule has 1 amide bonds. The summed E-state index contributed by atoms with van der Waals surface area (Å²) in [6.07, 6.45) is 0. The topological polar surface area (TPSA) is 95.5 Å². The lowest BCUT2D eigenvalue weighted by atomic mass is 10.1. The molecule has 6 nitrogen and oxygen atoms in total. The first kappa shape index (κ1) is 14.3. The minimum Gasteiger partial charge on any atom is -0.385 e. The molecule has 0 aliphatic carbocycles. The fraction of sp³-hybridized carbons (Fsp3) is 0.154. The number of fused-ring (bicyclic) bond motifs is 1. The second kappa shape index (κ2) is 5.10. The van der Waals surface area contributed by atoms with Gasteiger partial charge in [0.15, 0.2) is 0 Å². The van der Waals surface area contributed by atoms with Gasteiger partial charge in [-0.15, -0.1) is 0 Å². The van der Waals surface area contributed by atoms with Gasteiger partial charge in [0.2, 0.25) is 5.91 Å². The molecule has 0 heterocycles. The molecule has 0 saturated heterocycles. The van der Waals surface area contributed by atoms with Gasteiger partial charge >= 0.3 is 0 Å². The van der Waals surface area contributed by atoms with Crippen molar-refractivity contribution in [2.24, 2.45) is 0 Å². The summed E-state index contributed by atoms with van der Waals surface area (Å²) in [5, 5.41) is 6.60. The molecule has 3 N–H and O–H groups in total. The zero-order valence-corrected chi connectivity index (χ0v) is 11.8. The second-order valence-electron chi connectivity index (χ2n) is 4.25. The molecule has 0 aliphatic heterocycles. The standard InChI is InChI=1S/C13H14N2O4S/c1-8(16)15-12-10-6-4-3-5-9(10)7-11(13(12)14-2)20(17,18)19/h3-7,14H,1-2H3,(H,15,16)(H,17,18,19). The van der Waals surface area contributed by atoms with Crippen LogP contribution in [0.25, 0.3) is 10.8 Å². The molecule has 0 aliphatic rings. The molecule has 0 bridgehead atoms. The SMILES string of the molecule is CNc1c(S(=O)(=O)O)cc2ccccc2c1NC(C)=O. The molecule has 0 atom stereocenters. The van der Waals surface area contributed by atoms with Crippen LogP contribution in [-0.4, -0.2) is 25.9 Å². The highest BCUT2D eigenvalue weighted by Crippen LogP contribution is 2.37. The average molecular weight is 294 g/mol. The average Bonchev–Trinajstić information content (AvgIpc) is 2.36. The minimum atomic E-state index is -4.41. The van der Waals surface area contributed by atoms with Gasteiger partial charge in [-0.05, 0) is 11.5 Å². The Morgan fingerprint density at radius 1 is 1.20 bits per heavy atom. The molecule has 0 saturated carbocycles. The highest BCUT2D eigenvalue weighted by molar-refractivity contribution is 7.86. The first-order valence-electron chi connectivity index (χ1n) is 5.83. The molecule has 0 aromatic heterocycles. The predicted octanol–water partition coefficient (Wildman–Crippen LogP) is 2.09. The smallest absolute Gasteiger partial charge is 0.296 e. The number of nitrogens with one attached hydrogen (secondary N) is 2. The van der Waals surface area contributed by atoms with Crippen LogP contribution in [0.15, 0.2) is 35.2 Å². The summed E-state index contributed by atoms with van der Waals surface area (Å²) in [5.41, 5.74) is 0.479. The van der Waals surface area contributed by atoms with Crippen molar-refractivity contribution in [2.75, 3.05) is 17.7 Å². The first-order valence-corrected chi connectivity index (χ1v) is 7.27. The van der Waals surface area contributed by atoms with Crippen molar-refractivity contribution in [3.05, 3.63) is 30.3 Å². The fourth-order valence-electron chi connectivity index (χ4n) is 2.08. The Morgan fingerprint density at radius 3 is 2.40 bits per heavy atom. The predicted molar refractivity (Wildman–Crippen MR) is 77.6 cm³/mol. The molecule has 2 aromatic rings. The number of amides is 1. The maximum Gasteiger partial charge on any atom is 0.296 e. The van der Waals surface area contributed by atoms with E-state index in [0.29, 0.717) is 16.5 Å². The van der Waals surface area contributed by atoms with E-state index in [1.54, 1.807) is 24.3 Å². The number of rotatable bonds is 3. The Hall–Kier alpha value is -2.12. The zero-order chi connectivity index (χ0) is 14.9. The van der Waals surface area contributed by atoms with Crippen LogP contribution >= 0.6 is 0 Å². The maximum absolute atomic E-state index is 11.5. The number of carbonyl (C=O) groups is 1. The van der Waals surface area contributed by atoms with Gasteiger partial charge < -0.3 is 10.6 Å². The highest BCUT2D eigenvalue weighted by atomic mass is 32.2. The van der Waals surface area contributed by atoms with Crippen LogP contribution in [0.1, 0.15) is 6.92 Å². The van der Waals surface area contributed by atoms with Gasteiger partial charge in [0, 0.05) is 19.4 Å². The van der Waals surface area contributed by atoms with Crippen LogP contribution in [0, 0.1) is 0 Å². The molecule has 0 radical (unpaired) electrons. The Bertz CT molecular complexity index is 784. The van der Waals surface area contributed by atoms with Gasteiger partial charge in [-0.25, -0.2) is 0 Å². The van der Waals surface area contributed by atoms with Crippen molar-refractivity contribution in [1.82, 2.24) is 0 Å². The van der Waals surface area contributed by atoms with E-state index in [2.05, 4.69) is 10.6 Å². The molecule has 0 fully saturated rings. The molecule has 20 heavy (non-hydrogen) atoms. The molecular formula is C13H14N2O4S. The Labute approximate surface area is 116 Å². The van der Waals surface area contributed by atoms with E-state index in [9.17, 15) is 17.8 Å². The van der Waals surface area contributed by atoms with Crippen LogP contribution in [0.5, 0.6) is 0 Å². The number of hydrogen-bond donors (Lipinski definition) is 3. The van der Waals surface area contributed by atoms with E-state index in [1.807, 2.05) is 0 Å². The van der Waals surface area contributed by atoms with Crippen molar-refractivity contribution < 1.29 is 17.8 Å². The van der Waals surface area contributed by atoms with E-state index < -0.39 is 10.1 Å². The molecular weight excluding hydrogens is 280 g/mol. The van der Waals surface area contributed by atoms with Crippen LogP contribution < -0.4 is 10.6 Å². The number of anilines is 2. The van der Waals surface area contributed by atoms with Gasteiger partial charge in [0.05, 0.1) is 11.4 Å². The number of benzene rings is 2. The van der Waals surface area contributed by atoms with Crippen LogP contribution in [0.3, 0.4) is 0 Å². The molecule has 2 rings (SSSR count). The monoisotopic (exact) mass is 294 g/mol. The number of carbonyl (C=O) groups excluding carboxylic acids is 1. The maximum atomic E-state index is 11.5. The van der Waals surface area contributed by atoms with Gasteiger partial charge in [-0.3, -0.25) is 9.35 Å². The first-order chi connectivity index (χ1) is 9.34. The zero-order valence-electron chi connectivity index (χ0n) is 11.0. The third-order valence-corrected chi connectivity index (χ3v) is 3.72. The van der Waals surface area contributed by atoms with Crippen molar-refractivity contribution >= 4 is 38.2 Å². The Morgan fingerprint density at radius 2 is 1.85 bits per heavy atom. The van der Waals surface area contributed by atoms with E-state index >= 15 is 0 Å². The second-order valence-corrected chi connectivity index (χ2v) is 5.64. The van der Waals surface area contributed by atoms with Crippen molar-refractivity contribution in [2.45, 2.75) is 11.8 Å². The lowest BCUT2D eigenvalue weighted by Crippen LogP contribution is -2.12. The van der Waals surface area contributed by atoms with Gasteiger partial charge in [-0.1, -0.05) is 24.3 Å². The lowest BCUT2D eigenvalue weighted by molar-refractivity contribution is -0.114. The van der Waals surface area contributed by atoms with Crippen molar-refractivity contribution in [1.29, 1.82) is 0 Å². The minimum absolute atomic E-state index is 0.154. The third kappa shape index (κ3) is 2.59. The van der Waals surface area contributed by atoms with E-state index in [0.717, 1.165) is 0 Å². The summed E-state index contributed by atoms with van der Waals surface area (Å²) >= 11 is 0. The molecule has 0 unspecified atom stereocenters. The summed E-state index contributed by atoms with van der Waals surface area (Å²) < 4.78 is 32.3. The molecule has 7 heteroatoms. The lowest BCUT2D eigenvalue weighted by Gasteiger charge is -2.16. The normalized spacial score (nSPS) is 11.3. The molecule has 2 aromatic carbocycles. The van der Waals surface area contributed by atoms with Crippen molar-refractivity contribution in [3.63, 3.8) is 0 Å². The summed E-state index contributed by atoms with van der Waals surface area (Å²) in [6, 6.07) is 8.35. The van der Waals surface area contributed by atoms with E-state index in [1.165, 1.54) is 20.0 Å². The van der Waals surface area contributed by atoms with Gasteiger partial charge in [0.25, 0.3) is 10.1 Å². The van der Waals surface area contributed by atoms with Crippen LogP contribution in [-0.2, 0) is 14.9 Å². The van der Waals surface area contributed by atoms with E-state index in [-0.39, 0.29) is 16.5 Å². The van der Waals surface area contributed by atoms with Crippen LogP contribution in [0.4, 0.5) is 11.4 Å². The van der Waals surface area contributed by atoms with E-state index in [4.69, 9.17) is 0 Å². The van der Waals surface area contributed by atoms with Crippen molar-refractivity contribution in [3.8, 4) is 0 Å². The summed E-state index contributed by atoms with van der Waals surface area (Å²) in [7, 11) is -2.89. The summed E-state index contributed by atoms with van der Waals surface area (Å²) in [4.78, 5) is 11.1. The number of hydrogen-bond acceptors (Lipinski definition) is 4. The summed E-state index contributed by atoms with van der Waals surface area (Å²) in [5.74, 6) is -0.334. The van der Waals surface area contributed by atoms with Gasteiger partial charge in [-0.2, -0.15) is 8.42 Å². The van der Waals surface area contributed by atoms with Gasteiger partial charge in [0.1, 0.15) is 4.90 Å². The highest BCUT2D eigenvalue weighted by Gasteiger charge is 2.21.